The molecule has 3 rings (SSSR count). The third-order valence-corrected chi connectivity index (χ3v) is 5.46. The van der Waals surface area contributed by atoms with Crippen molar-refractivity contribution in [2.24, 2.45) is 5.10 Å². The number of nitrogens with one attached hydrogen (secondary N) is 1. The molecule has 0 bridgehead atoms. The van der Waals surface area contributed by atoms with Crippen molar-refractivity contribution in [1.82, 2.24) is 5.43 Å². The number of ether oxygens (including phenoxy) is 2. The normalized spacial score (nSPS) is 10.8. The van der Waals surface area contributed by atoms with Crippen LogP contribution in [0.3, 0.4) is 0 Å². The van der Waals surface area contributed by atoms with Gasteiger partial charge in [0.25, 0.3) is 5.91 Å². The Morgan fingerprint density at radius 2 is 1.76 bits per heavy atom. The lowest BCUT2D eigenvalue weighted by Gasteiger charge is -2.09. The summed E-state index contributed by atoms with van der Waals surface area (Å²) in [4.78, 5) is 24.6. The molecule has 0 aliphatic carbocycles. The van der Waals surface area contributed by atoms with Crippen LogP contribution in [0.2, 0.25) is 0 Å². The van der Waals surface area contributed by atoms with Crippen LogP contribution in [-0.2, 0) is 11.2 Å². The number of carbonyl (C=O) groups is 2. The van der Waals surface area contributed by atoms with E-state index >= 15 is 0 Å². The van der Waals surface area contributed by atoms with E-state index in [1.807, 2.05) is 43.3 Å². The van der Waals surface area contributed by atoms with E-state index in [9.17, 15) is 9.59 Å². The molecular formula is C27H27BrN2O4. The highest BCUT2D eigenvalue weighted by atomic mass is 79.9. The fraction of sp³-hybridized carbons (Fsp3) is 0.222. The molecule has 0 spiro atoms. The van der Waals surface area contributed by atoms with Crippen LogP contribution in [0.15, 0.2) is 76.3 Å². The zero-order chi connectivity index (χ0) is 24.3. The maximum atomic E-state index is 12.5. The number of hydrogen-bond acceptors (Lipinski definition) is 5. The zero-order valence-corrected chi connectivity index (χ0v) is 20.8. The fourth-order valence-electron chi connectivity index (χ4n) is 3.05. The molecule has 0 aliphatic rings. The largest absolute Gasteiger partial charge is 0.484 e. The van der Waals surface area contributed by atoms with Gasteiger partial charge in [0.2, 0.25) is 0 Å². The molecule has 0 atom stereocenters. The summed E-state index contributed by atoms with van der Waals surface area (Å²) in [5.74, 6) is 0.0671. The summed E-state index contributed by atoms with van der Waals surface area (Å²) in [6.45, 7) is 3.94. The smallest absolute Gasteiger partial charge is 0.343 e. The van der Waals surface area contributed by atoms with E-state index in [0.717, 1.165) is 29.3 Å². The minimum atomic E-state index is -0.477. The Kier molecular flexibility index (Phi) is 9.40. The minimum Gasteiger partial charge on any atom is -0.484 e. The van der Waals surface area contributed by atoms with Crippen molar-refractivity contribution < 1.29 is 19.1 Å². The molecule has 3 aromatic rings. The first-order valence-corrected chi connectivity index (χ1v) is 11.9. The summed E-state index contributed by atoms with van der Waals surface area (Å²) in [7, 11) is 0. The molecule has 0 radical (unpaired) electrons. The van der Waals surface area contributed by atoms with E-state index in [-0.39, 0.29) is 6.61 Å². The lowest BCUT2D eigenvalue weighted by atomic mass is 10.1. The first-order valence-electron chi connectivity index (χ1n) is 11.1. The van der Waals surface area contributed by atoms with Gasteiger partial charge in [0.05, 0.1) is 11.8 Å². The summed E-state index contributed by atoms with van der Waals surface area (Å²) < 4.78 is 11.8. The first kappa shape index (κ1) is 25.2. The van der Waals surface area contributed by atoms with Crippen LogP contribution in [0.5, 0.6) is 11.5 Å². The Labute approximate surface area is 208 Å². The fourth-order valence-corrected chi connectivity index (χ4v) is 3.43. The number of rotatable bonds is 10. The number of aryl methyl sites for hydroxylation is 2. The van der Waals surface area contributed by atoms with Crippen molar-refractivity contribution in [2.45, 2.75) is 33.1 Å². The van der Waals surface area contributed by atoms with Crippen LogP contribution < -0.4 is 14.9 Å². The predicted octanol–water partition coefficient (Wildman–Crippen LogP) is 5.85. The second kappa shape index (κ2) is 12.7. The molecule has 34 heavy (non-hydrogen) atoms. The molecule has 0 unspecified atom stereocenters. The summed E-state index contributed by atoms with van der Waals surface area (Å²) in [6.07, 6.45) is 4.74. The van der Waals surface area contributed by atoms with Crippen molar-refractivity contribution in [1.29, 1.82) is 0 Å². The van der Waals surface area contributed by atoms with E-state index < -0.39 is 11.9 Å². The van der Waals surface area contributed by atoms with Crippen LogP contribution in [-0.4, -0.2) is 24.7 Å². The van der Waals surface area contributed by atoms with Crippen LogP contribution in [0.1, 0.15) is 46.8 Å². The van der Waals surface area contributed by atoms with Gasteiger partial charge in [0.1, 0.15) is 11.5 Å². The number of halogens is 1. The van der Waals surface area contributed by atoms with Crippen molar-refractivity contribution in [3.8, 4) is 11.5 Å². The average Bonchev–Trinajstić information content (AvgIpc) is 2.84. The summed E-state index contributed by atoms with van der Waals surface area (Å²) in [5, 5.41) is 3.98. The Balaban J connectivity index is 1.55. The molecule has 0 aliphatic heterocycles. The maximum Gasteiger partial charge on any atom is 0.343 e. The first-order chi connectivity index (χ1) is 16.4. The highest BCUT2D eigenvalue weighted by Gasteiger charge is 2.12. The highest BCUT2D eigenvalue weighted by Crippen LogP contribution is 2.23. The van der Waals surface area contributed by atoms with E-state index in [0.29, 0.717) is 22.6 Å². The molecule has 3 aromatic carbocycles. The molecule has 0 saturated heterocycles. The minimum absolute atomic E-state index is 0.167. The van der Waals surface area contributed by atoms with Gasteiger partial charge in [-0.25, -0.2) is 10.2 Å². The van der Waals surface area contributed by atoms with Gasteiger partial charge in [0.15, 0.2) is 6.61 Å². The Morgan fingerprint density at radius 3 is 2.47 bits per heavy atom. The van der Waals surface area contributed by atoms with Crippen molar-refractivity contribution in [2.75, 3.05) is 6.61 Å². The topological polar surface area (TPSA) is 77.0 Å². The second-order valence-corrected chi connectivity index (χ2v) is 8.68. The monoisotopic (exact) mass is 522 g/mol. The van der Waals surface area contributed by atoms with Gasteiger partial charge in [-0.3, -0.25) is 4.79 Å². The highest BCUT2D eigenvalue weighted by molar-refractivity contribution is 9.10. The number of esters is 1. The number of carbonyl (C=O) groups excluding carboxylic acids is 2. The van der Waals surface area contributed by atoms with E-state index in [1.165, 1.54) is 11.8 Å². The average molecular weight is 523 g/mol. The summed E-state index contributed by atoms with van der Waals surface area (Å²) in [6, 6.07) is 20.0. The van der Waals surface area contributed by atoms with Gasteiger partial charge in [-0.15, -0.1) is 0 Å². The molecule has 6 nitrogen and oxygen atoms in total. The zero-order valence-electron chi connectivity index (χ0n) is 19.2. The number of unbranched alkanes of at least 4 members (excludes halogenated alkanes) is 1. The molecule has 1 amide bonds. The van der Waals surface area contributed by atoms with Gasteiger partial charge in [-0.05, 0) is 67.8 Å². The van der Waals surface area contributed by atoms with Gasteiger partial charge in [-0.1, -0.05) is 59.1 Å². The standard InChI is InChI=1S/C27H27BrN2O4/c1-3-4-5-20-8-13-24(14-9-20)33-18-26(31)30-29-17-22-16-23(28)12-15-25(22)34-27(32)21-10-6-19(2)7-11-21/h6-17H,3-5,18H2,1-2H3,(H,30,31). The third kappa shape index (κ3) is 7.85. The van der Waals surface area contributed by atoms with Crippen molar-refractivity contribution in [3.05, 3.63) is 93.5 Å². The van der Waals surface area contributed by atoms with Gasteiger partial charge < -0.3 is 9.47 Å². The molecule has 1 N–H and O–H groups in total. The quantitative estimate of drug-likeness (QED) is 0.157. The van der Waals surface area contributed by atoms with Gasteiger partial charge in [0, 0.05) is 10.0 Å². The number of hydrogen-bond donors (Lipinski definition) is 1. The SMILES string of the molecule is CCCCc1ccc(OCC(=O)NN=Cc2cc(Br)ccc2OC(=O)c2ccc(C)cc2)cc1. The number of amides is 1. The molecule has 7 heteroatoms. The van der Waals surface area contributed by atoms with Crippen LogP contribution in [0.4, 0.5) is 0 Å². The van der Waals surface area contributed by atoms with E-state index in [4.69, 9.17) is 9.47 Å². The van der Waals surface area contributed by atoms with E-state index in [1.54, 1.807) is 30.3 Å². The molecule has 0 aromatic heterocycles. The summed E-state index contributed by atoms with van der Waals surface area (Å²) in [5.41, 5.74) is 5.70. The van der Waals surface area contributed by atoms with Crippen molar-refractivity contribution >= 4 is 34.0 Å². The Hall–Kier alpha value is -3.45. The second-order valence-electron chi connectivity index (χ2n) is 7.77. The maximum absolute atomic E-state index is 12.5. The van der Waals surface area contributed by atoms with Gasteiger partial charge >= 0.3 is 5.97 Å². The van der Waals surface area contributed by atoms with Crippen LogP contribution in [0.25, 0.3) is 0 Å². The Morgan fingerprint density at radius 1 is 1.03 bits per heavy atom. The molecule has 176 valence electrons. The Bertz CT molecular complexity index is 1140. The number of hydrazone groups is 1. The number of benzene rings is 3. The lowest BCUT2D eigenvalue weighted by Crippen LogP contribution is -2.24. The molecule has 0 heterocycles. The number of nitrogens with zero attached hydrogens (tertiary/aromatic N) is 1. The lowest BCUT2D eigenvalue weighted by molar-refractivity contribution is -0.123. The van der Waals surface area contributed by atoms with Gasteiger partial charge in [-0.2, -0.15) is 5.10 Å². The van der Waals surface area contributed by atoms with Crippen LogP contribution in [0, 0.1) is 6.92 Å². The van der Waals surface area contributed by atoms with E-state index in [2.05, 4.69) is 33.4 Å². The molecule has 0 saturated carbocycles. The molecule has 0 fully saturated rings. The summed E-state index contributed by atoms with van der Waals surface area (Å²) >= 11 is 3.40. The van der Waals surface area contributed by atoms with Crippen molar-refractivity contribution in [3.63, 3.8) is 0 Å². The molecular weight excluding hydrogens is 496 g/mol. The predicted molar refractivity (Wildman–Crippen MR) is 137 cm³/mol. The third-order valence-electron chi connectivity index (χ3n) is 4.97. The van der Waals surface area contributed by atoms with Crippen LogP contribution >= 0.6 is 15.9 Å².